The van der Waals surface area contributed by atoms with Gasteiger partial charge in [0.05, 0.1) is 0 Å². The van der Waals surface area contributed by atoms with Gasteiger partial charge in [0.1, 0.15) is 0 Å². The van der Waals surface area contributed by atoms with Crippen molar-refractivity contribution >= 4 is 23.3 Å². The predicted molar refractivity (Wildman–Crippen MR) is 62.7 cm³/mol. The fourth-order valence-corrected chi connectivity index (χ4v) is 1.91. The molecule has 6 nitrogen and oxygen atoms in total. The van der Waals surface area contributed by atoms with Crippen molar-refractivity contribution in [3.63, 3.8) is 0 Å². The monoisotopic (exact) mass is 258 g/mol. The molecule has 1 aromatic heterocycles. The Kier molecular flexibility index (Phi) is 5.44. The zero-order valence-electron chi connectivity index (χ0n) is 9.30. The van der Waals surface area contributed by atoms with Gasteiger partial charge in [-0.3, -0.25) is 4.84 Å². The third kappa shape index (κ3) is 5.88. The molecule has 0 fully saturated rings. The molecule has 0 aliphatic heterocycles. The van der Waals surface area contributed by atoms with Gasteiger partial charge in [-0.15, -0.1) is 0 Å². The Balaban J connectivity index is 2.19. The molecule has 1 rings (SSSR count). The molecule has 1 unspecified atom stereocenters. The summed E-state index contributed by atoms with van der Waals surface area (Å²) in [5, 5.41) is 14.9. The predicted octanol–water partition coefficient (Wildman–Crippen LogP) is 0.994. The smallest absolute Gasteiger partial charge is 0.338 e. The van der Waals surface area contributed by atoms with E-state index >= 15 is 0 Å². The van der Waals surface area contributed by atoms with Gasteiger partial charge in [0.2, 0.25) is 0 Å². The van der Waals surface area contributed by atoms with Crippen LogP contribution in [0.5, 0.6) is 0 Å². The van der Waals surface area contributed by atoms with Crippen molar-refractivity contribution in [1.29, 1.82) is 0 Å². The highest BCUT2D eigenvalue weighted by Gasteiger charge is 2.08. The van der Waals surface area contributed by atoms with Crippen LogP contribution in [0.2, 0.25) is 0 Å². The molecule has 17 heavy (non-hydrogen) atoms. The Morgan fingerprint density at radius 3 is 2.94 bits per heavy atom. The van der Waals surface area contributed by atoms with Crippen molar-refractivity contribution in [3.8, 4) is 0 Å². The molecule has 0 spiro atoms. The van der Waals surface area contributed by atoms with Crippen LogP contribution in [0.15, 0.2) is 16.8 Å². The Morgan fingerprint density at radius 1 is 1.59 bits per heavy atom. The Labute approximate surface area is 103 Å². The maximum atomic E-state index is 11.2. The molecule has 0 aliphatic carbocycles. The zero-order chi connectivity index (χ0) is 12.7. The van der Waals surface area contributed by atoms with Crippen LogP contribution in [-0.4, -0.2) is 29.8 Å². The molecular weight excluding hydrogens is 244 g/mol. The van der Waals surface area contributed by atoms with Crippen LogP contribution in [-0.2, 0) is 16.1 Å². The number of amides is 2. The number of nitrogens with one attached hydrogen (secondary N) is 2. The zero-order valence-corrected chi connectivity index (χ0v) is 10.1. The summed E-state index contributed by atoms with van der Waals surface area (Å²) in [4.78, 5) is 25.8. The van der Waals surface area contributed by atoms with E-state index in [0.29, 0.717) is 0 Å². The molecule has 3 N–H and O–H groups in total. The minimum atomic E-state index is -1.14. The fraction of sp³-hybridized carbons (Fsp3) is 0.400. The Morgan fingerprint density at radius 2 is 2.35 bits per heavy atom. The van der Waals surface area contributed by atoms with Crippen LogP contribution in [0.4, 0.5) is 4.79 Å². The molecule has 0 aliphatic rings. The maximum Gasteiger partial charge on any atom is 0.338 e. The lowest BCUT2D eigenvalue weighted by Gasteiger charge is -2.13. The van der Waals surface area contributed by atoms with E-state index in [0.717, 1.165) is 12.0 Å². The molecule has 1 aromatic rings. The van der Waals surface area contributed by atoms with Crippen LogP contribution in [0, 0.1) is 0 Å². The maximum absolute atomic E-state index is 11.2. The van der Waals surface area contributed by atoms with Gasteiger partial charge in [-0.1, -0.05) is 0 Å². The lowest BCUT2D eigenvalue weighted by molar-refractivity contribution is -0.144. The first-order valence-corrected chi connectivity index (χ1v) is 5.93. The average Bonchev–Trinajstić information content (AvgIpc) is 2.69. The lowest BCUT2D eigenvalue weighted by atomic mass is 10.1. The highest BCUT2D eigenvalue weighted by atomic mass is 32.1. The van der Waals surface area contributed by atoms with Crippen molar-refractivity contribution < 1.29 is 19.5 Å². The first-order valence-electron chi connectivity index (χ1n) is 4.99. The number of aliphatic carboxylic acids is 1. The van der Waals surface area contributed by atoms with Crippen molar-refractivity contribution in [3.05, 3.63) is 22.4 Å². The third-order valence-electron chi connectivity index (χ3n) is 1.86. The van der Waals surface area contributed by atoms with Gasteiger partial charge in [-0.25, -0.2) is 15.1 Å². The quantitative estimate of drug-likeness (QED) is 0.664. The minimum Gasteiger partial charge on any atom is -0.479 e. The Hall–Kier alpha value is -1.60. The molecule has 7 heteroatoms. The Bertz CT molecular complexity index is 366. The van der Waals surface area contributed by atoms with Crippen molar-refractivity contribution in [1.82, 2.24) is 10.8 Å². The summed E-state index contributed by atoms with van der Waals surface area (Å²) in [5.41, 5.74) is 3.14. The van der Waals surface area contributed by atoms with Crippen LogP contribution >= 0.6 is 11.3 Å². The highest BCUT2D eigenvalue weighted by Crippen LogP contribution is 2.08. The second-order valence-electron chi connectivity index (χ2n) is 3.49. The van der Waals surface area contributed by atoms with Gasteiger partial charge in [0.25, 0.3) is 0 Å². The van der Waals surface area contributed by atoms with Crippen LogP contribution in [0.3, 0.4) is 0 Å². The molecule has 2 amide bonds. The van der Waals surface area contributed by atoms with E-state index in [1.165, 1.54) is 0 Å². The fourth-order valence-electron chi connectivity index (χ4n) is 1.23. The number of hydrogen-bond acceptors (Lipinski definition) is 4. The van der Waals surface area contributed by atoms with Crippen LogP contribution in [0.1, 0.15) is 12.5 Å². The first kappa shape index (κ1) is 13.5. The van der Waals surface area contributed by atoms with Gasteiger partial charge in [-0.2, -0.15) is 11.3 Å². The number of thiophene rings is 1. The van der Waals surface area contributed by atoms with Crippen LogP contribution < -0.4 is 10.8 Å². The number of urea groups is 1. The number of rotatable bonds is 6. The number of carbonyl (C=O) groups excluding carboxylic acids is 1. The molecule has 94 valence electrons. The highest BCUT2D eigenvalue weighted by molar-refractivity contribution is 7.07. The van der Waals surface area contributed by atoms with Crippen LogP contribution in [0.25, 0.3) is 0 Å². The summed E-state index contributed by atoms with van der Waals surface area (Å²) in [6, 6.07) is 1.38. The van der Waals surface area contributed by atoms with Gasteiger partial charge >= 0.3 is 12.0 Å². The summed E-state index contributed by atoms with van der Waals surface area (Å²) in [6.07, 6.45) is 0.718. The van der Waals surface area contributed by atoms with E-state index in [9.17, 15) is 9.59 Å². The summed E-state index contributed by atoms with van der Waals surface area (Å²) in [6.45, 7) is 1.29. The molecule has 0 bridgehead atoms. The molecule has 0 saturated carbocycles. The minimum absolute atomic E-state index is 0.0574. The van der Waals surface area contributed by atoms with E-state index in [2.05, 4.69) is 10.2 Å². The van der Waals surface area contributed by atoms with Crippen molar-refractivity contribution in [2.24, 2.45) is 0 Å². The number of hydrogen-bond donors (Lipinski definition) is 3. The molecule has 1 heterocycles. The first-order chi connectivity index (χ1) is 8.08. The van der Waals surface area contributed by atoms with E-state index in [-0.39, 0.29) is 6.04 Å². The largest absolute Gasteiger partial charge is 0.479 e. The SMILES string of the molecule is CC(Cc1ccsc1)NC(=O)NOCC(=O)O. The topological polar surface area (TPSA) is 87.7 Å². The van der Waals surface area contributed by atoms with E-state index in [1.807, 2.05) is 29.2 Å². The van der Waals surface area contributed by atoms with Crippen molar-refractivity contribution in [2.45, 2.75) is 19.4 Å². The third-order valence-corrected chi connectivity index (χ3v) is 2.59. The number of carboxylic acid groups (broad SMARTS) is 1. The number of carboxylic acids is 1. The number of hydroxylamine groups is 1. The van der Waals surface area contributed by atoms with Gasteiger partial charge in [0, 0.05) is 6.04 Å². The van der Waals surface area contributed by atoms with Gasteiger partial charge < -0.3 is 10.4 Å². The summed E-state index contributed by atoms with van der Waals surface area (Å²) < 4.78 is 0. The lowest BCUT2D eigenvalue weighted by Crippen LogP contribution is -2.42. The summed E-state index contributed by atoms with van der Waals surface area (Å²) >= 11 is 1.60. The average molecular weight is 258 g/mol. The van der Waals surface area contributed by atoms with E-state index in [4.69, 9.17) is 5.11 Å². The standard InChI is InChI=1S/C10H14N2O4S/c1-7(4-8-2-3-17-6-8)11-10(15)12-16-5-9(13)14/h2-3,6-7H,4-5H2,1H3,(H,13,14)(H2,11,12,15). The molecule has 0 radical (unpaired) electrons. The molecule has 0 aromatic carbocycles. The second kappa shape index (κ2) is 6.87. The number of carbonyl (C=O) groups is 2. The normalized spacial score (nSPS) is 11.8. The second-order valence-corrected chi connectivity index (χ2v) is 4.27. The van der Waals surface area contributed by atoms with Gasteiger partial charge in [0.15, 0.2) is 6.61 Å². The summed E-state index contributed by atoms with van der Waals surface area (Å²) in [5.74, 6) is -1.14. The van der Waals surface area contributed by atoms with Crippen molar-refractivity contribution in [2.75, 3.05) is 6.61 Å². The van der Waals surface area contributed by atoms with E-state index < -0.39 is 18.6 Å². The summed E-state index contributed by atoms with van der Waals surface area (Å²) in [7, 11) is 0. The molecule has 0 saturated heterocycles. The van der Waals surface area contributed by atoms with E-state index in [1.54, 1.807) is 11.3 Å². The molecule has 1 atom stereocenters. The molecular formula is C10H14N2O4S. The van der Waals surface area contributed by atoms with Gasteiger partial charge in [-0.05, 0) is 35.7 Å².